The second-order valence-electron chi connectivity index (χ2n) is 4.10. The van der Waals surface area contributed by atoms with Crippen molar-refractivity contribution in [3.8, 4) is 5.75 Å². The monoisotopic (exact) mass is 293 g/mol. The lowest BCUT2D eigenvalue weighted by atomic mass is 10.2. The summed E-state index contributed by atoms with van der Waals surface area (Å²) in [6.07, 6.45) is 0. The minimum Gasteiger partial charge on any atom is -0.493 e. The number of benzene rings is 2. The van der Waals surface area contributed by atoms with Crippen molar-refractivity contribution in [2.45, 2.75) is 5.75 Å². The van der Waals surface area contributed by atoms with E-state index in [2.05, 4.69) is 6.07 Å². The highest BCUT2D eigenvalue weighted by Crippen LogP contribution is 2.17. The lowest BCUT2D eigenvalue weighted by Gasteiger charge is -2.06. The van der Waals surface area contributed by atoms with Gasteiger partial charge in [-0.3, -0.25) is 0 Å². The first kappa shape index (κ1) is 14.1. The van der Waals surface area contributed by atoms with Crippen LogP contribution in [0.15, 0.2) is 48.5 Å². The molecule has 100 valence electrons. The van der Waals surface area contributed by atoms with Gasteiger partial charge in [-0.05, 0) is 42.0 Å². The van der Waals surface area contributed by atoms with Crippen molar-refractivity contribution in [3.63, 3.8) is 0 Å². The molecule has 2 rings (SSSR count). The first-order valence-corrected chi connectivity index (χ1v) is 7.58. The highest BCUT2D eigenvalue weighted by molar-refractivity contribution is 7.98. The molecular weight excluding hydrogens is 278 g/mol. The molecule has 0 radical (unpaired) electrons. The van der Waals surface area contributed by atoms with Gasteiger partial charge in [-0.1, -0.05) is 23.7 Å². The zero-order valence-electron chi connectivity index (χ0n) is 10.5. The summed E-state index contributed by atoms with van der Waals surface area (Å²) < 4.78 is 5.62. The van der Waals surface area contributed by atoms with Crippen LogP contribution in [0.3, 0.4) is 0 Å². The molecule has 0 aliphatic heterocycles. The van der Waals surface area contributed by atoms with Crippen molar-refractivity contribution >= 4 is 29.1 Å². The topological polar surface area (TPSA) is 35.2 Å². The second-order valence-corrected chi connectivity index (χ2v) is 5.64. The zero-order valence-corrected chi connectivity index (χ0v) is 12.1. The molecule has 0 atom stereocenters. The molecule has 2 aromatic carbocycles. The quantitative estimate of drug-likeness (QED) is 0.639. The summed E-state index contributed by atoms with van der Waals surface area (Å²) in [7, 11) is 0. The lowest BCUT2D eigenvalue weighted by Crippen LogP contribution is -2.00. The number of halogens is 1. The van der Waals surface area contributed by atoms with Crippen molar-refractivity contribution in [2.24, 2.45) is 0 Å². The number of ether oxygens (including phenoxy) is 1. The van der Waals surface area contributed by atoms with Crippen LogP contribution in [-0.4, -0.2) is 12.4 Å². The molecule has 2 N–H and O–H groups in total. The Labute approximate surface area is 122 Å². The van der Waals surface area contributed by atoms with E-state index in [1.165, 1.54) is 5.56 Å². The highest BCUT2D eigenvalue weighted by atomic mass is 35.5. The third-order valence-electron chi connectivity index (χ3n) is 2.53. The van der Waals surface area contributed by atoms with Crippen molar-refractivity contribution in [2.75, 3.05) is 18.1 Å². The highest BCUT2D eigenvalue weighted by Gasteiger charge is 1.97. The molecule has 0 unspecified atom stereocenters. The molecule has 2 nitrogen and oxygen atoms in total. The van der Waals surface area contributed by atoms with Crippen LogP contribution >= 0.6 is 23.4 Å². The zero-order chi connectivity index (χ0) is 13.5. The molecule has 0 aliphatic rings. The van der Waals surface area contributed by atoms with Gasteiger partial charge in [0, 0.05) is 22.2 Å². The van der Waals surface area contributed by atoms with E-state index in [0.717, 1.165) is 28.0 Å². The molecule has 0 saturated heterocycles. The third-order valence-corrected chi connectivity index (χ3v) is 3.76. The van der Waals surface area contributed by atoms with Crippen LogP contribution in [0.2, 0.25) is 5.02 Å². The van der Waals surface area contributed by atoms with E-state index in [-0.39, 0.29) is 0 Å². The number of hydrogen-bond acceptors (Lipinski definition) is 3. The van der Waals surface area contributed by atoms with E-state index in [9.17, 15) is 0 Å². The Morgan fingerprint density at radius 1 is 1.11 bits per heavy atom. The van der Waals surface area contributed by atoms with Gasteiger partial charge in [0.25, 0.3) is 0 Å². The maximum atomic E-state index is 5.93. The molecule has 4 heteroatoms. The lowest BCUT2D eigenvalue weighted by molar-refractivity contribution is 0.344. The molecule has 19 heavy (non-hydrogen) atoms. The Bertz CT molecular complexity index is 516. The van der Waals surface area contributed by atoms with Crippen LogP contribution in [0, 0.1) is 0 Å². The van der Waals surface area contributed by atoms with Crippen LogP contribution in [0.25, 0.3) is 0 Å². The van der Waals surface area contributed by atoms with Gasteiger partial charge in [0.2, 0.25) is 0 Å². The smallest absolute Gasteiger partial charge is 0.119 e. The number of hydrogen-bond donors (Lipinski definition) is 1. The fraction of sp³-hybridized carbons (Fsp3) is 0.200. The van der Waals surface area contributed by atoms with Crippen LogP contribution in [-0.2, 0) is 5.75 Å². The first-order valence-electron chi connectivity index (χ1n) is 6.04. The summed E-state index contributed by atoms with van der Waals surface area (Å²) >= 11 is 7.76. The molecule has 0 saturated carbocycles. The van der Waals surface area contributed by atoms with Crippen LogP contribution < -0.4 is 10.5 Å². The number of nitrogens with two attached hydrogens (primary N) is 1. The fourth-order valence-corrected chi connectivity index (χ4v) is 2.57. The maximum absolute atomic E-state index is 5.93. The number of anilines is 1. The summed E-state index contributed by atoms with van der Waals surface area (Å²) in [6, 6.07) is 15.4. The predicted molar refractivity (Wildman–Crippen MR) is 84.0 cm³/mol. The van der Waals surface area contributed by atoms with Gasteiger partial charge in [-0.25, -0.2) is 0 Å². The number of thioether (sulfide) groups is 1. The van der Waals surface area contributed by atoms with Gasteiger partial charge in [-0.15, -0.1) is 0 Å². The van der Waals surface area contributed by atoms with Gasteiger partial charge in [-0.2, -0.15) is 11.8 Å². The molecule has 0 aliphatic carbocycles. The third kappa shape index (κ3) is 5.05. The standard InChI is InChI=1S/C15H16ClNOS/c16-13-3-1-2-12(10-13)11-19-9-8-18-15-6-4-14(17)5-7-15/h1-7,10H,8-9,11,17H2. The summed E-state index contributed by atoms with van der Waals surface area (Å²) in [6.45, 7) is 0.690. The minimum atomic E-state index is 0.690. The van der Waals surface area contributed by atoms with Crippen molar-refractivity contribution in [1.29, 1.82) is 0 Å². The number of nitrogen functional groups attached to an aromatic ring is 1. The van der Waals surface area contributed by atoms with E-state index in [1.54, 1.807) is 0 Å². The van der Waals surface area contributed by atoms with Crippen LogP contribution in [0.4, 0.5) is 5.69 Å². The Morgan fingerprint density at radius 2 is 1.89 bits per heavy atom. The molecule has 0 bridgehead atoms. The maximum Gasteiger partial charge on any atom is 0.119 e. The SMILES string of the molecule is Nc1ccc(OCCSCc2cccc(Cl)c2)cc1. The van der Waals surface area contributed by atoms with Crippen molar-refractivity contribution in [1.82, 2.24) is 0 Å². The average Bonchev–Trinajstić information content (AvgIpc) is 2.41. The summed E-state index contributed by atoms with van der Waals surface area (Å²) in [4.78, 5) is 0. The average molecular weight is 294 g/mol. The van der Waals surface area contributed by atoms with E-state index in [1.807, 2.05) is 54.2 Å². The molecule has 0 fully saturated rings. The van der Waals surface area contributed by atoms with Crippen LogP contribution in [0.1, 0.15) is 5.56 Å². The van der Waals surface area contributed by atoms with Crippen LogP contribution in [0.5, 0.6) is 5.75 Å². The number of rotatable bonds is 6. The fourth-order valence-electron chi connectivity index (χ4n) is 1.60. The Hall–Kier alpha value is -1.32. The van der Waals surface area contributed by atoms with Gasteiger partial charge in [0.05, 0.1) is 6.61 Å². The first-order chi connectivity index (χ1) is 9.24. The van der Waals surface area contributed by atoms with E-state index < -0.39 is 0 Å². The van der Waals surface area contributed by atoms with E-state index in [0.29, 0.717) is 6.61 Å². The largest absolute Gasteiger partial charge is 0.493 e. The van der Waals surface area contributed by atoms with Crippen molar-refractivity contribution in [3.05, 3.63) is 59.1 Å². The summed E-state index contributed by atoms with van der Waals surface area (Å²) in [5, 5.41) is 0.788. The van der Waals surface area contributed by atoms with E-state index in [4.69, 9.17) is 22.1 Å². The Kier molecular flexibility index (Phi) is 5.43. The molecule has 2 aromatic rings. The second kappa shape index (κ2) is 7.31. The molecule has 0 amide bonds. The Balaban J connectivity index is 1.66. The summed E-state index contributed by atoms with van der Waals surface area (Å²) in [5.74, 6) is 2.75. The van der Waals surface area contributed by atoms with Gasteiger partial charge in [0.15, 0.2) is 0 Å². The van der Waals surface area contributed by atoms with Gasteiger partial charge < -0.3 is 10.5 Å². The van der Waals surface area contributed by atoms with Gasteiger partial charge >= 0.3 is 0 Å². The summed E-state index contributed by atoms with van der Waals surface area (Å²) in [5.41, 5.74) is 7.60. The molecular formula is C15H16ClNOS. The Morgan fingerprint density at radius 3 is 2.63 bits per heavy atom. The minimum absolute atomic E-state index is 0.690. The predicted octanol–water partition coefficient (Wildman–Crippen LogP) is 4.23. The normalized spacial score (nSPS) is 10.4. The molecule has 0 spiro atoms. The van der Waals surface area contributed by atoms with Crippen molar-refractivity contribution < 1.29 is 4.74 Å². The molecule has 0 aromatic heterocycles. The molecule has 0 heterocycles. The van der Waals surface area contributed by atoms with E-state index >= 15 is 0 Å². The van der Waals surface area contributed by atoms with Gasteiger partial charge in [0.1, 0.15) is 5.75 Å².